The van der Waals surface area contributed by atoms with Gasteiger partial charge in [0.15, 0.2) is 0 Å². The quantitative estimate of drug-likeness (QED) is 0.545. The second-order valence-electron chi connectivity index (χ2n) is 5.97. The van der Waals surface area contributed by atoms with Gasteiger partial charge >= 0.3 is 0 Å². The topological polar surface area (TPSA) is 44.5 Å². The Kier molecular flexibility index (Phi) is 8.63. The maximum Gasteiger partial charge on any atom is 0.0553 e. The molecule has 0 aromatic carbocycles. The van der Waals surface area contributed by atoms with E-state index in [0.717, 1.165) is 26.1 Å². The zero-order valence-electron chi connectivity index (χ0n) is 13.0. The first-order chi connectivity index (χ1) is 9.63. The van der Waals surface area contributed by atoms with E-state index in [1.807, 2.05) is 0 Å². The molecule has 1 aliphatic heterocycles. The normalized spacial score (nSPS) is 23.9. The first-order valence-electron chi connectivity index (χ1n) is 7.89. The lowest BCUT2D eigenvalue weighted by Gasteiger charge is -2.26. The molecule has 1 rings (SSSR count). The highest BCUT2D eigenvalue weighted by Gasteiger charge is 2.19. The van der Waals surface area contributed by atoms with Gasteiger partial charge in [-0.3, -0.25) is 0 Å². The summed E-state index contributed by atoms with van der Waals surface area (Å²) >= 11 is 0. The van der Waals surface area contributed by atoms with Gasteiger partial charge in [0.05, 0.1) is 26.4 Å². The Morgan fingerprint density at radius 2 is 1.70 bits per heavy atom. The lowest BCUT2D eigenvalue weighted by Crippen LogP contribution is -2.28. The van der Waals surface area contributed by atoms with Crippen LogP contribution in [-0.4, -0.2) is 26.4 Å². The molecule has 0 aliphatic carbocycles. The molecule has 0 radical (unpaired) electrons. The third-order valence-corrected chi connectivity index (χ3v) is 3.82. The SMILES string of the molecule is C=C(N)CC1COCC(C(=C)CCCCCC)COC1. The van der Waals surface area contributed by atoms with Crippen LogP contribution < -0.4 is 5.73 Å². The zero-order valence-corrected chi connectivity index (χ0v) is 13.0. The van der Waals surface area contributed by atoms with Crippen LogP contribution in [0.2, 0.25) is 0 Å². The van der Waals surface area contributed by atoms with Crippen molar-refractivity contribution in [1.82, 2.24) is 0 Å². The van der Waals surface area contributed by atoms with Crippen LogP contribution in [0.25, 0.3) is 0 Å². The van der Waals surface area contributed by atoms with Crippen molar-refractivity contribution in [3.8, 4) is 0 Å². The monoisotopic (exact) mass is 281 g/mol. The van der Waals surface area contributed by atoms with Crippen LogP contribution in [0.1, 0.15) is 45.4 Å². The van der Waals surface area contributed by atoms with E-state index >= 15 is 0 Å². The first kappa shape index (κ1) is 17.3. The Bertz CT molecular complexity index is 291. The number of ether oxygens (including phenoxy) is 2. The van der Waals surface area contributed by atoms with Gasteiger partial charge in [-0.25, -0.2) is 0 Å². The van der Waals surface area contributed by atoms with Crippen LogP contribution in [0.4, 0.5) is 0 Å². The number of unbranched alkanes of at least 4 members (excludes halogenated alkanes) is 3. The van der Waals surface area contributed by atoms with Crippen molar-refractivity contribution in [1.29, 1.82) is 0 Å². The molecule has 0 spiro atoms. The molecule has 1 heterocycles. The van der Waals surface area contributed by atoms with Crippen LogP contribution in [0.15, 0.2) is 24.4 Å². The van der Waals surface area contributed by atoms with Crippen molar-refractivity contribution >= 4 is 0 Å². The number of rotatable bonds is 8. The fourth-order valence-electron chi connectivity index (χ4n) is 2.56. The van der Waals surface area contributed by atoms with Gasteiger partial charge in [0, 0.05) is 17.5 Å². The maximum atomic E-state index is 5.81. The van der Waals surface area contributed by atoms with Crippen LogP contribution in [0.5, 0.6) is 0 Å². The van der Waals surface area contributed by atoms with Crippen molar-refractivity contribution in [2.24, 2.45) is 17.6 Å². The molecule has 0 saturated carbocycles. The number of nitrogens with two attached hydrogens (primary N) is 1. The molecule has 0 aromatic rings. The molecule has 3 nitrogen and oxygen atoms in total. The highest BCUT2D eigenvalue weighted by atomic mass is 16.5. The van der Waals surface area contributed by atoms with Gasteiger partial charge in [0.25, 0.3) is 0 Å². The van der Waals surface area contributed by atoms with E-state index < -0.39 is 0 Å². The van der Waals surface area contributed by atoms with E-state index in [-0.39, 0.29) is 0 Å². The summed E-state index contributed by atoms with van der Waals surface area (Å²) in [5.74, 6) is 0.685. The molecular formula is C17H31NO2. The summed E-state index contributed by atoms with van der Waals surface area (Å²) in [6.45, 7) is 13.1. The van der Waals surface area contributed by atoms with E-state index in [1.165, 1.54) is 31.3 Å². The Hall–Kier alpha value is -0.800. The summed E-state index contributed by atoms with van der Waals surface area (Å²) in [5.41, 5.74) is 7.64. The summed E-state index contributed by atoms with van der Waals surface area (Å²) in [4.78, 5) is 0. The molecule has 116 valence electrons. The first-order valence-corrected chi connectivity index (χ1v) is 7.89. The molecule has 1 fully saturated rings. The zero-order chi connectivity index (χ0) is 14.8. The van der Waals surface area contributed by atoms with E-state index in [9.17, 15) is 0 Å². The average molecular weight is 281 g/mol. The van der Waals surface area contributed by atoms with Crippen molar-refractivity contribution < 1.29 is 9.47 Å². The third-order valence-electron chi connectivity index (χ3n) is 3.82. The maximum absolute atomic E-state index is 5.81. The smallest absolute Gasteiger partial charge is 0.0553 e. The van der Waals surface area contributed by atoms with Gasteiger partial charge in [-0.15, -0.1) is 0 Å². The van der Waals surface area contributed by atoms with Crippen LogP contribution >= 0.6 is 0 Å². The fourth-order valence-corrected chi connectivity index (χ4v) is 2.56. The van der Waals surface area contributed by atoms with Crippen molar-refractivity contribution in [2.75, 3.05) is 26.4 Å². The minimum atomic E-state index is 0.339. The summed E-state index contributed by atoms with van der Waals surface area (Å²) in [5, 5.41) is 0. The van der Waals surface area contributed by atoms with Gasteiger partial charge in [-0.05, 0) is 19.3 Å². The van der Waals surface area contributed by atoms with E-state index in [2.05, 4.69) is 20.1 Å². The molecule has 0 bridgehead atoms. The Morgan fingerprint density at radius 1 is 1.05 bits per heavy atom. The van der Waals surface area contributed by atoms with E-state index in [0.29, 0.717) is 30.7 Å². The summed E-state index contributed by atoms with van der Waals surface area (Å²) in [6, 6.07) is 0. The molecule has 20 heavy (non-hydrogen) atoms. The number of hydrogen-bond acceptors (Lipinski definition) is 3. The van der Waals surface area contributed by atoms with Crippen LogP contribution in [-0.2, 0) is 9.47 Å². The van der Waals surface area contributed by atoms with Gasteiger partial charge < -0.3 is 15.2 Å². The van der Waals surface area contributed by atoms with Crippen molar-refractivity contribution in [3.63, 3.8) is 0 Å². The van der Waals surface area contributed by atoms with Gasteiger partial charge in [0.2, 0.25) is 0 Å². The molecular weight excluding hydrogens is 250 g/mol. The Morgan fingerprint density at radius 3 is 2.25 bits per heavy atom. The fraction of sp³-hybridized carbons (Fsp3) is 0.765. The second kappa shape index (κ2) is 10.0. The molecule has 0 atom stereocenters. The third kappa shape index (κ3) is 7.11. The molecule has 1 saturated heterocycles. The van der Waals surface area contributed by atoms with Gasteiger partial charge in [-0.2, -0.15) is 0 Å². The lowest BCUT2D eigenvalue weighted by atomic mass is 9.96. The lowest BCUT2D eigenvalue weighted by molar-refractivity contribution is -0.0231. The largest absolute Gasteiger partial charge is 0.403 e. The minimum Gasteiger partial charge on any atom is -0.403 e. The summed E-state index contributed by atoms with van der Waals surface area (Å²) in [6.07, 6.45) is 7.00. The van der Waals surface area contributed by atoms with Crippen LogP contribution in [0.3, 0.4) is 0 Å². The average Bonchev–Trinajstić information content (AvgIpc) is 2.37. The van der Waals surface area contributed by atoms with Crippen LogP contribution in [0, 0.1) is 11.8 Å². The molecule has 2 N–H and O–H groups in total. The molecule has 1 aliphatic rings. The summed E-state index contributed by atoms with van der Waals surface area (Å²) in [7, 11) is 0. The number of allylic oxidation sites excluding steroid dienone is 1. The van der Waals surface area contributed by atoms with Crippen molar-refractivity contribution in [3.05, 3.63) is 24.4 Å². The molecule has 0 aromatic heterocycles. The van der Waals surface area contributed by atoms with Gasteiger partial charge in [0.1, 0.15) is 0 Å². The predicted octanol–water partition coefficient (Wildman–Crippen LogP) is 3.65. The highest BCUT2D eigenvalue weighted by Crippen LogP contribution is 2.21. The van der Waals surface area contributed by atoms with Crippen molar-refractivity contribution in [2.45, 2.75) is 45.4 Å². The minimum absolute atomic E-state index is 0.339. The second-order valence-corrected chi connectivity index (χ2v) is 5.97. The van der Waals surface area contributed by atoms with E-state index in [4.69, 9.17) is 15.2 Å². The van der Waals surface area contributed by atoms with E-state index in [1.54, 1.807) is 0 Å². The predicted molar refractivity (Wildman–Crippen MR) is 84.5 cm³/mol. The van der Waals surface area contributed by atoms with Gasteiger partial charge in [-0.1, -0.05) is 44.9 Å². The Labute approximate surface area is 124 Å². The number of hydrogen-bond donors (Lipinski definition) is 1. The highest BCUT2D eigenvalue weighted by molar-refractivity contribution is 5.01. The molecule has 3 heteroatoms. The molecule has 0 amide bonds. The Balaban J connectivity index is 2.25. The summed E-state index contributed by atoms with van der Waals surface area (Å²) < 4.78 is 11.6. The standard InChI is InChI=1S/C17H31NO2/c1-4-5-6-7-8-14(2)17-12-19-10-16(9-15(3)18)11-20-13-17/h16-17H,2-13,18H2,1H3. The molecule has 0 unspecified atom stereocenters.